The van der Waals surface area contributed by atoms with Gasteiger partial charge in [-0.15, -0.1) is 0 Å². The molecule has 0 saturated carbocycles. The molecule has 0 N–H and O–H groups in total. The Kier molecular flexibility index (Phi) is 4.06. The Hall–Kier alpha value is -0.810. The van der Waals surface area contributed by atoms with Crippen LogP contribution in [0.1, 0.15) is 34.1 Å². The van der Waals surface area contributed by atoms with Crippen LogP contribution in [0.4, 0.5) is 4.79 Å². The molecule has 2 fully saturated rings. The fourth-order valence-corrected chi connectivity index (χ4v) is 2.77. The molecule has 1 spiro atoms. The van der Waals surface area contributed by atoms with Crippen LogP contribution in [0.2, 0.25) is 0 Å². The number of carbonyl (C=O) groups excluding carboxylic acids is 1. The van der Waals surface area contributed by atoms with Crippen molar-refractivity contribution in [3.05, 3.63) is 0 Å². The van der Waals surface area contributed by atoms with E-state index in [0.717, 1.165) is 26.1 Å². The maximum Gasteiger partial charge on any atom is 0.410 e. The number of morpholine rings is 1. The summed E-state index contributed by atoms with van der Waals surface area (Å²) in [4.78, 5) is 16.3. The first kappa shape index (κ1) is 14.6. The van der Waals surface area contributed by atoms with E-state index in [1.165, 1.54) is 0 Å². The predicted octanol–water partition coefficient (Wildman–Crippen LogP) is 1.72. The van der Waals surface area contributed by atoms with E-state index in [1.807, 2.05) is 20.8 Å². The molecule has 110 valence electrons. The highest BCUT2D eigenvalue weighted by atomic mass is 16.6. The van der Waals surface area contributed by atoms with E-state index in [1.54, 1.807) is 4.90 Å². The second-order valence-corrected chi connectivity index (χ2v) is 6.55. The Bertz CT molecular complexity index is 340. The Balaban J connectivity index is 1.96. The van der Waals surface area contributed by atoms with E-state index in [-0.39, 0.29) is 11.7 Å². The Morgan fingerprint density at radius 3 is 2.63 bits per heavy atom. The summed E-state index contributed by atoms with van der Waals surface area (Å²) in [6.07, 6.45) is 0.783. The summed E-state index contributed by atoms with van der Waals surface area (Å²) in [6, 6.07) is 0. The molecular formula is C14H26N2O3. The first-order chi connectivity index (χ1) is 8.84. The van der Waals surface area contributed by atoms with Gasteiger partial charge in [0.2, 0.25) is 0 Å². The summed E-state index contributed by atoms with van der Waals surface area (Å²) in [7, 11) is 0. The Labute approximate surface area is 115 Å². The molecule has 0 aromatic rings. The molecule has 0 bridgehead atoms. The zero-order valence-electron chi connectivity index (χ0n) is 12.6. The second-order valence-electron chi connectivity index (χ2n) is 6.55. The first-order valence-corrected chi connectivity index (χ1v) is 7.18. The molecule has 19 heavy (non-hydrogen) atoms. The van der Waals surface area contributed by atoms with Crippen LogP contribution in [0, 0.1) is 0 Å². The molecule has 5 nitrogen and oxygen atoms in total. The fraction of sp³-hybridized carbons (Fsp3) is 0.929. The molecule has 2 aliphatic rings. The molecule has 0 radical (unpaired) electrons. The summed E-state index contributed by atoms with van der Waals surface area (Å²) >= 11 is 0. The number of amides is 1. The molecular weight excluding hydrogens is 244 g/mol. The summed E-state index contributed by atoms with van der Waals surface area (Å²) in [5, 5.41) is 0. The van der Waals surface area contributed by atoms with Crippen LogP contribution in [-0.2, 0) is 9.47 Å². The lowest BCUT2D eigenvalue weighted by Crippen LogP contribution is -2.55. The molecule has 1 atom stereocenters. The monoisotopic (exact) mass is 270 g/mol. The highest BCUT2D eigenvalue weighted by Gasteiger charge is 2.44. The number of ether oxygens (including phenoxy) is 2. The Morgan fingerprint density at radius 2 is 2.05 bits per heavy atom. The van der Waals surface area contributed by atoms with Crippen molar-refractivity contribution in [3.63, 3.8) is 0 Å². The van der Waals surface area contributed by atoms with E-state index in [4.69, 9.17) is 9.47 Å². The van der Waals surface area contributed by atoms with E-state index in [0.29, 0.717) is 19.7 Å². The molecule has 2 heterocycles. The molecule has 2 aliphatic heterocycles. The van der Waals surface area contributed by atoms with Crippen molar-refractivity contribution < 1.29 is 14.3 Å². The van der Waals surface area contributed by atoms with Crippen LogP contribution in [0.5, 0.6) is 0 Å². The van der Waals surface area contributed by atoms with Gasteiger partial charge in [-0.1, -0.05) is 6.92 Å². The summed E-state index contributed by atoms with van der Waals surface area (Å²) in [5.74, 6) is 0. The predicted molar refractivity (Wildman–Crippen MR) is 73.2 cm³/mol. The molecule has 0 aromatic heterocycles. The topological polar surface area (TPSA) is 42.0 Å². The van der Waals surface area contributed by atoms with Gasteiger partial charge in [-0.05, 0) is 33.7 Å². The third-order valence-electron chi connectivity index (χ3n) is 3.74. The van der Waals surface area contributed by atoms with Crippen molar-refractivity contribution in [1.82, 2.24) is 9.80 Å². The van der Waals surface area contributed by atoms with Crippen LogP contribution < -0.4 is 0 Å². The van der Waals surface area contributed by atoms with E-state index in [2.05, 4.69) is 11.8 Å². The van der Waals surface area contributed by atoms with Crippen molar-refractivity contribution >= 4 is 6.09 Å². The number of hydrogen-bond acceptors (Lipinski definition) is 4. The van der Waals surface area contributed by atoms with Gasteiger partial charge in [-0.3, -0.25) is 0 Å². The van der Waals surface area contributed by atoms with Crippen LogP contribution >= 0.6 is 0 Å². The van der Waals surface area contributed by atoms with E-state index < -0.39 is 5.60 Å². The van der Waals surface area contributed by atoms with Gasteiger partial charge in [0.05, 0.1) is 18.8 Å². The number of nitrogens with zero attached hydrogens (tertiary/aromatic N) is 2. The van der Waals surface area contributed by atoms with Gasteiger partial charge in [0, 0.05) is 19.6 Å². The number of likely N-dealkylation sites (N-methyl/N-ethyl adjacent to an activating group) is 1. The van der Waals surface area contributed by atoms with Gasteiger partial charge in [0.25, 0.3) is 0 Å². The lowest BCUT2D eigenvalue weighted by atomic mass is 10.0. The van der Waals surface area contributed by atoms with Crippen molar-refractivity contribution in [2.75, 3.05) is 39.3 Å². The fourth-order valence-electron chi connectivity index (χ4n) is 2.77. The van der Waals surface area contributed by atoms with E-state index >= 15 is 0 Å². The zero-order chi connectivity index (χ0) is 14.1. The largest absolute Gasteiger partial charge is 0.444 e. The normalized spacial score (nSPS) is 28.9. The van der Waals surface area contributed by atoms with Gasteiger partial charge in [-0.2, -0.15) is 0 Å². The highest BCUT2D eigenvalue weighted by Crippen LogP contribution is 2.29. The maximum atomic E-state index is 12.1. The summed E-state index contributed by atoms with van der Waals surface area (Å²) in [6.45, 7) is 12.8. The average molecular weight is 270 g/mol. The van der Waals surface area contributed by atoms with Gasteiger partial charge in [-0.25, -0.2) is 4.79 Å². The lowest BCUT2D eigenvalue weighted by molar-refractivity contribution is -0.101. The first-order valence-electron chi connectivity index (χ1n) is 7.18. The van der Waals surface area contributed by atoms with Crippen LogP contribution in [0.15, 0.2) is 0 Å². The SMILES string of the molecule is CCN1CCC2(C1)CN(C(=O)OC(C)(C)C)CCO2. The number of hydrogen-bond donors (Lipinski definition) is 0. The number of rotatable bonds is 1. The standard InChI is InChI=1S/C14H26N2O3/c1-5-15-7-6-14(10-15)11-16(8-9-18-14)12(17)19-13(2,3)4/h5-11H2,1-4H3. The van der Waals surface area contributed by atoms with Crippen LogP contribution in [0.3, 0.4) is 0 Å². The molecule has 0 aromatic carbocycles. The Morgan fingerprint density at radius 1 is 1.32 bits per heavy atom. The third-order valence-corrected chi connectivity index (χ3v) is 3.74. The number of likely N-dealkylation sites (tertiary alicyclic amines) is 1. The highest BCUT2D eigenvalue weighted by molar-refractivity contribution is 5.68. The molecule has 2 saturated heterocycles. The van der Waals surface area contributed by atoms with Crippen LogP contribution in [-0.4, -0.2) is 66.4 Å². The lowest BCUT2D eigenvalue weighted by Gasteiger charge is -2.40. The van der Waals surface area contributed by atoms with Crippen molar-refractivity contribution in [1.29, 1.82) is 0 Å². The minimum atomic E-state index is -0.437. The van der Waals surface area contributed by atoms with Gasteiger partial charge >= 0.3 is 6.09 Å². The molecule has 1 amide bonds. The smallest absolute Gasteiger partial charge is 0.410 e. The van der Waals surface area contributed by atoms with Gasteiger partial charge in [0.15, 0.2) is 0 Å². The molecule has 2 rings (SSSR count). The van der Waals surface area contributed by atoms with E-state index in [9.17, 15) is 4.79 Å². The molecule has 0 aliphatic carbocycles. The second kappa shape index (κ2) is 5.29. The molecule has 1 unspecified atom stereocenters. The molecule has 5 heteroatoms. The quantitative estimate of drug-likeness (QED) is 0.727. The minimum Gasteiger partial charge on any atom is -0.444 e. The van der Waals surface area contributed by atoms with Gasteiger partial charge < -0.3 is 19.3 Å². The van der Waals surface area contributed by atoms with Gasteiger partial charge in [0.1, 0.15) is 5.60 Å². The number of carbonyl (C=O) groups is 1. The average Bonchev–Trinajstić information content (AvgIpc) is 2.70. The van der Waals surface area contributed by atoms with Crippen molar-refractivity contribution in [2.45, 2.75) is 45.3 Å². The minimum absolute atomic E-state index is 0.175. The van der Waals surface area contributed by atoms with Crippen LogP contribution in [0.25, 0.3) is 0 Å². The third kappa shape index (κ3) is 3.60. The summed E-state index contributed by atoms with van der Waals surface area (Å²) < 4.78 is 11.4. The van der Waals surface area contributed by atoms with Crippen molar-refractivity contribution in [2.24, 2.45) is 0 Å². The zero-order valence-corrected chi connectivity index (χ0v) is 12.6. The summed E-state index contributed by atoms with van der Waals surface area (Å²) in [5.41, 5.74) is -0.612. The van der Waals surface area contributed by atoms with Crippen molar-refractivity contribution in [3.8, 4) is 0 Å². The maximum absolute atomic E-state index is 12.1.